The minimum Gasteiger partial charge on any atom is -0.368 e. The van der Waals surface area contributed by atoms with E-state index in [9.17, 15) is 9.59 Å². The molecular weight excluding hydrogens is 378 g/mol. The first-order valence-corrected chi connectivity index (χ1v) is 10.6. The summed E-state index contributed by atoms with van der Waals surface area (Å²) in [6, 6.07) is 8.36. The second-order valence-corrected chi connectivity index (χ2v) is 8.06. The van der Waals surface area contributed by atoms with E-state index in [1.807, 2.05) is 12.1 Å². The SMILES string of the molecule is NC(=O)[C@@H](CCC1CCCCC1)NC(=O)c1ccc2nc(-c3ccncc3)[nH]c2c1. The number of amides is 2. The third-order valence-electron chi connectivity index (χ3n) is 5.93. The summed E-state index contributed by atoms with van der Waals surface area (Å²) in [6.45, 7) is 0. The Balaban J connectivity index is 1.45. The zero-order chi connectivity index (χ0) is 20.9. The molecular formula is C23H27N5O2. The number of hydrogen-bond donors (Lipinski definition) is 3. The lowest BCUT2D eigenvalue weighted by Crippen LogP contribution is -2.44. The minimum absolute atomic E-state index is 0.301. The van der Waals surface area contributed by atoms with Crippen LogP contribution in [0.5, 0.6) is 0 Å². The van der Waals surface area contributed by atoms with Gasteiger partial charge in [0.05, 0.1) is 11.0 Å². The van der Waals surface area contributed by atoms with Crippen LogP contribution in [0, 0.1) is 5.92 Å². The molecule has 0 unspecified atom stereocenters. The fraction of sp³-hybridized carbons (Fsp3) is 0.391. The molecule has 2 heterocycles. The highest BCUT2D eigenvalue weighted by molar-refractivity contribution is 5.99. The molecule has 156 valence electrons. The van der Waals surface area contributed by atoms with Gasteiger partial charge in [0.1, 0.15) is 11.9 Å². The summed E-state index contributed by atoms with van der Waals surface area (Å²) in [4.78, 5) is 36.5. The highest BCUT2D eigenvalue weighted by atomic mass is 16.2. The van der Waals surface area contributed by atoms with Crippen LogP contribution in [0.2, 0.25) is 0 Å². The monoisotopic (exact) mass is 405 g/mol. The van der Waals surface area contributed by atoms with E-state index < -0.39 is 11.9 Å². The van der Waals surface area contributed by atoms with Crippen molar-refractivity contribution in [2.24, 2.45) is 11.7 Å². The number of primary amides is 1. The first kappa shape index (κ1) is 20.1. The lowest BCUT2D eigenvalue weighted by Gasteiger charge is -2.23. The summed E-state index contributed by atoms with van der Waals surface area (Å²) in [7, 11) is 0. The van der Waals surface area contributed by atoms with Crippen molar-refractivity contribution in [3.05, 3.63) is 48.3 Å². The summed E-state index contributed by atoms with van der Waals surface area (Å²) in [5, 5.41) is 2.82. The van der Waals surface area contributed by atoms with Gasteiger partial charge in [0.2, 0.25) is 5.91 Å². The molecule has 7 nitrogen and oxygen atoms in total. The quantitative estimate of drug-likeness (QED) is 0.557. The molecule has 4 rings (SSSR count). The predicted octanol–water partition coefficient (Wildman–Crippen LogP) is 3.57. The van der Waals surface area contributed by atoms with E-state index in [1.165, 1.54) is 32.1 Å². The highest BCUT2D eigenvalue weighted by Gasteiger charge is 2.22. The van der Waals surface area contributed by atoms with Crippen molar-refractivity contribution in [1.29, 1.82) is 0 Å². The number of aromatic amines is 1. The van der Waals surface area contributed by atoms with Gasteiger partial charge in [-0.2, -0.15) is 0 Å². The molecule has 1 aliphatic carbocycles. The van der Waals surface area contributed by atoms with Gasteiger partial charge < -0.3 is 16.0 Å². The maximum atomic E-state index is 12.8. The first-order chi connectivity index (χ1) is 14.6. The highest BCUT2D eigenvalue weighted by Crippen LogP contribution is 2.28. The maximum absolute atomic E-state index is 12.8. The van der Waals surface area contributed by atoms with Gasteiger partial charge >= 0.3 is 0 Å². The Hall–Kier alpha value is -3.22. The largest absolute Gasteiger partial charge is 0.368 e. The van der Waals surface area contributed by atoms with Gasteiger partial charge in [-0.3, -0.25) is 14.6 Å². The number of rotatable bonds is 7. The standard InChI is InChI=1S/C23H27N5O2/c24-21(29)19(8-6-15-4-2-1-3-5-15)28-23(30)17-7-9-18-20(14-17)27-22(26-18)16-10-12-25-13-11-16/h7,9-15,19H,1-6,8H2,(H2,24,29)(H,26,27)(H,28,30)/t19-/m1/s1. The van der Waals surface area contributed by atoms with Gasteiger partial charge in [-0.15, -0.1) is 0 Å². The molecule has 4 N–H and O–H groups in total. The molecule has 2 aromatic heterocycles. The number of aromatic nitrogens is 3. The molecule has 3 aromatic rings. The number of fused-ring (bicyclic) bond motifs is 1. The van der Waals surface area contributed by atoms with Gasteiger partial charge in [-0.1, -0.05) is 32.1 Å². The summed E-state index contributed by atoms with van der Waals surface area (Å²) in [5.41, 5.74) is 8.47. The molecule has 0 saturated heterocycles. The average Bonchev–Trinajstić information content (AvgIpc) is 3.21. The van der Waals surface area contributed by atoms with E-state index in [0.29, 0.717) is 23.7 Å². The number of pyridine rings is 1. The Morgan fingerprint density at radius 2 is 1.90 bits per heavy atom. The van der Waals surface area contributed by atoms with Crippen molar-refractivity contribution in [2.75, 3.05) is 0 Å². The molecule has 0 spiro atoms. The summed E-state index contributed by atoms with van der Waals surface area (Å²) >= 11 is 0. The zero-order valence-corrected chi connectivity index (χ0v) is 16.9. The number of nitrogens with two attached hydrogens (primary N) is 1. The zero-order valence-electron chi connectivity index (χ0n) is 16.9. The van der Waals surface area contributed by atoms with Crippen LogP contribution in [-0.4, -0.2) is 32.8 Å². The molecule has 2 amide bonds. The number of imidazole rings is 1. The maximum Gasteiger partial charge on any atom is 0.252 e. The van der Waals surface area contributed by atoms with E-state index >= 15 is 0 Å². The Labute approximate surface area is 175 Å². The molecule has 30 heavy (non-hydrogen) atoms. The van der Waals surface area contributed by atoms with Crippen molar-refractivity contribution >= 4 is 22.8 Å². The third-order valence-corrected chi connectivity index (χ3v) is 5.93. The Bertz CT molecular complexity index is 1020. The lowest BCUT2D eigenvalue weighted by molar-refractivity contribution is -0.120. The Morgan fingerprint density at radius 3 is 2.63 bits per heavy atom. The van der Waals surface area contributed by atoms with Crippen molar-refractivity contribution in [1.82, 2.24) is 20.3 Å². The van der Waals surface area contributed by atoms with Gasteiger partial charge in [-0.05, 0) is 49.1 Å². The van der Waals surface area contributed by atoms with Crippen molar-refractivity contribution in [3.8, 4) is 11.4 Å². The molecule has 0 aliphatic heterocycles. The molecule has 7 heteroatoms. The van der Waals surface area contributed by atoms with E-state index in [1.54, 1.807) is 30.6 Å². The molecule has 0 bridgehead atoms. The smallest absolute Gasteiger partial charge is 0.252 e. The van der Waals surface area contributed by atoms with Crippen molar-refractivity contribution in [2.45, 2.75) is 51.0 Å². The van der Waals surface area contributed by atoms with Crippen molar-refractivity contribution in [3.63, 3.8) is 0 Å². The van der Waals surface area contributed by atoms with Crippen LogP contribution >= 0.6 is 0 Å². The van der Waals surface area contributed by atoms with Gasteiger partial charge in [0, 0.05) is 23.5 Å². The number of nitrogens with one attached hydrogen (secondary N) is 2. The fourth-order valence-electron chi connectivity index (χ4n) is 4.20. The van der Waals surface area contributed by atoms with Crippen LogP contribution in [0.3, 0.4) is 0 Å². The van der Waals surface area contributed by atoms with Crippen LogP contribution in [0.4, 0.5) is 0 Å². The van der Waals surface area contributed by atoms with Gasteiger partial charge in [-0.25, -0.2) is 4.98 Å². The first-order valence-electron chi connectivity index (χ1n) is 10.6. The molecule has 0 radical (unpaired) electrons. The van der Waals surface area contributed by atoms with E-state index in [4.69, 9.17) is 5.73 Å². The molecule has 1 aliphatic rings. The molecule has 1 fully saturated rings. The Morgan fingerprint density at radius 1 is 1.13 bits per heavy atom. The summed E-state index contributed by atoms with van der Waals surface area (Å²) < 4.78 is 0. The Kier molecular flexibility index (Phi) is 6.07. The third kappa shape index (κ3) is 4.67. The normalized spacial score (nSPS) is 15.7. The van der Waals surface area contributed by atoms with Crippen LogP contribution in [-0.2, 0) is 4.79 Å². The fourth-order valence-corrected chi connectivity index (χ4v) is 4.20. The van der Waals surface area contributed by atoms with Crippen LogP contribution in [0.1, 0.15) is 55.3 Å². The molecule has 1 atom stereocenters. The van der Waals surface area contributed by atoms with Crippen LogP contribution in [0.25, 0.3) is 22.4 Å². The number of H-pyrrole nitrogens is 1. The number of carbonyl (C=O) groups excluding carboxylic acids is 2. The second-order valence-electron chi connectivity index (χ2n) is 8.06. The lowest BCUT2D eigenvalue weighted by atomic mass is 9.85. The summed E-state index contributed by atoms with van der Waals surface area (Å²) in [6.07, 6.45) is 11.1. The summed E-state index contributed by atoms with van der Waals surface area (Å²) in [5.74, 6) is 0.559. The van der Waals surface area contributed by atoms with Crippen LogP contribution < -0.4 is 11.1 Å². The number of hydrogen-bond acceptors (Lipinski definition) is 4. The van der Waals surface area contributed by atoms with Crippen molar-refractivity contribution < 1.29 is 9.59 Å². The molecule has 1 saturated carbocycles. The van der Waals surface area contributed by atoms with Crippen LogP contribution in [0.15, 0.2) is 42.7 Å². The number of benzene rings is 1. The predicted molar refractivity (Wildman–Crippen MR) is 116 cm³/mol. The number of carbonyl (C=O) groups is 2. The topological polar surface area (TPSA) is 114 Å². The van der Waals surface area contributed by atoms with Gasteiger partial charge in [0.25, 0.3) is 5.91 Å². The van der Waals surface area contributed by atoms with E-state index in [2.05, 4.69) is 20.3 Å². The molecule has 1 aromatic carbocycles. The average molecular weight is 406 g/mol. The van der Waals surface area contributed by atoms with E-state index in [-0.39, 0.29) is 5.91 Å². The minimum atomic E-state index is -0.649. The second kappa shape index (κ2) is 9.07. The number of nitrogens with zero attached hydrogens (tertiary/aromatic N) is 2. The van der Waals surface area contributed by atoms with Gasteiger partial charge in [0.15, 0.2) is 0 Å². The van der Waals surface area contributed by atoms with E-state index in [0.717, 1.165) is 23.0 Å².